The number of anilines is 1. The van der Waals surface area contributed by atoms with E-state index in [1.807, 2.05) is 30.3 Å². The van der Waals surface area contributed by atoms with Gasteiger partial charge in [0, 0.05) is 54.2 Å². The average molecular weight is 475 g/mol. The first kappa shape index (κ1) is 22.5. The molecule has 2 aromatic rings. The van der Waals surface area contributed by atoms with Crippen LogP contribution in [0.25, 0.3) is 0 Å². The SMILES string of the molecule is COC(=O)C1=C(CN2CCN(c3ccc(Cl)cc3)CC2)NC(=O)N[C@@H]1c1ccccc1Cl. The molecule has 1 atom stereocenters. The van der Waals surface area contributed by atoms with E-state index in [-0.39, 0.29) is 6.03 Å². The van der Waals surface area contributed by atoms with Crippen LogP contribution in [0.1, 0.15) is 11.6 Å². The first-order valence-corrected chi connectivity index (χ1v) is 11.1. The number of ether oxygens (including phenoxy) is 1. The summed E-state index contributed by atoms with van der Waals surface area (Å²) < 4.78 is 5.05. The molecule has 2 aliphatic rings. The molecule has 0 aliphatic carbocycles. The van der Waals surface area contributed by atoms with Crippen molar-refractivity contribution in [2.75, 3.05) is 44.7 Å². The zero-order valence-electron chi connectivity index (χ0n) is 17.6. The largest absolute Gasteiger partial charge is 0.466 e. The van der Waals surface area contributed by atoms with Crippen molar-refractivity contribution in [1.82, 2.24) is 15.5 Å². The second-order valence-electron chi connectivity index (χ2n) is 7.68. The van der Waals surface area contributed by atoms with E-state index in [0.717, 1.165) is 31.9 Å². The molecule has 0 aromatic heterocycles. The molecule has 0 spiro atoms. The maximum absolute atomic E-state index is 12.7. The molecule has 2 amide bonds. The number of nitrogens with one attached hydrogen (secondary N) is 2. The van der Waals surface area contributed by atoms with Crippen molar-refractivity contribution in [3.8, 4) is 0 Å². The van der Waals surface area contributed by atoms with E-state index < -0.39 is 12.0 Å². The number of piperazine rings is 1. The maximum Gasteiger partial charge on any atom is 0.338 e. The lowest BCUT2D eigenvalue weighted by atomic mass is 9.95. The number of hydrogen-bond acceptors (Lipinski definition) is 5. The van der Waals surface area contributed by atoms with Gasteiger partial charge in [-0.2, -0.15) is 0 Å². The van der Waals surface area contributed by atoms with E-state index in [9.17, 15) is 9.59 Å². The molecule has 0 saturated carbocycles. The molecule has 168 valence electrons. The number of methoxy groups -OCH3 is 1. The molecule has 0 bridgehead atoms. The predicted octanol–water partition coefficient (Wildman–Crippen LogP) is 3.60. The van der Waals surface area contributed by atoms with Gasteiger partial charge in [-0.3, -0.25) is 4.90 Å². The van der Waals surface area contributed by atoms with Gasteiger partial charge in [-0.1, -0.05) is 41.4 Å². The van der Waals surface area contributed by atoms with Gasteiger partial charge in [0.2, 0.25) is 0 Å². The lowest BCUT2D eigenvalue weighted by Crippen LogP contribution is -2.51. The molecule has 0 unspecified atom stereocenters. The van der Waals surface area contributed by atoms with Gasteiger partial charge in [-0.15, -0.1) is 0 Å². The van der Waals surface area contributed by atoms with Crippen molar-refractivity contribution in [2.45, 2.75) is 6.04 Å². The molecule has 2 heterocycles. The van der Waals surface area contributed by atoms with E-state index in [4.69, 9.17) is 27.9 Å². The number of nitrogens with zero attached hydrogens (tertiary/aromatic N) is 2. The Bertz CT molecular complexity index is 1030. The molecule has 7 nitrogen and oxygen atoms in total. The second kappa shape index (κ2) is 9.81. The van der Waals surface area contributed by atoms with Gasteiger partial charge in [0.05, 0.1) is 18.7 Å². The Hall–Kier alpha value is -2.74. The van der Waals surface area contributed by atoms with Gasteiger partial charge in [-0.25, -0.2) is 9.59 Å². The van der Waals surface area contributed by atoms with Gasteiger partial charge in [0.25, 0.3) is 0 Å². The minimum Gasteiger partial charge on any atom is -0.466 e. The summed E-state index contributed by atoms with van der Waals surface area (Å²) in [7, 11) is 1.33. The first-order chi connectivity index (χ1) is 15.5. The third-order valence-corrected chi connectivity index (χ3v) is 6.32. The number of amides is 2. The minimum atomic E-state index is -0.685. The normalized spacial score (nSPS) is 19.4. The number of rotatable bonds is 5. The smallest absolute Gasteiger partial charge is 0.338 e. The summed E-state index contributed by atoms with van der Waals surface area (Å²) in [6, 6.07) is 13.9. The molecule has 0 radical (unpaired) electrons. The molecule has 2 N–H and O–H groups in total. The molecule has 4 rings (SSSR count). The van der Waals surface area contributed by atoms with Crippen LogP contribution < -0.4 is 15.5 Å². The lowest BCUT2D eigenvalue weighted by molar-refractivity contribution is -0.136. The maximum atomic E-state index is 12.7. The molecule has 1 saturated heterocycles. The third-order valence-electron chi connectivity index (χ3n) is 5.72. The van der Waals surface area contributed by atoms with Crippen LogP contribution in [-0.2, 0) is 9.53 Å². The van der Waals surface area contributed by atoms with Gasteiger partial charge in [0.15, 0.2) is 0 Å². The zero-order chi connectivity index (χ0) is 22.7. The summed E-state index contributed by atoms with van der Waals surface area (Å²) in [4.78, 5) is 29.7. The minimum absolute atomic E-state index is 0.361. The molecule has 32 heavy (non-hydrogen) atoms. The van der Waals surface area contributed by atoms with Crippen LogP contribution in [0.5, 0.6) is 0 Å². The van der Waals surface area contributed by atoms with Crippen LogP contribution in [0, 0.1) is 0 Å². The fourth-order valence-corrected chi connectivity index (χ4v) is 4.45. The molecular weight excluding hydrogens is 451 g/mol. The third kappa shape index (κ3) is 4.85. The first-order valence-electron chi connectivity index (χ1n) is 10.3. The van der Waals surface area contributed by atoms with Crippen molar-refractivity contribution in [2.24, 2.45) is 0 Å². The van der Waals surface area contributed by atoms with E-state index >= 15 is 0 Å². The Morgan fingerprint density at radius 1 is 1.06 bits per heavy atom. The Kier molecular flexibility index (Phi) is 6.89. The topological polar surface area (TPSA) is 73.9 Å². The molecule has 2 aromatic carbocycles. The Morgan fingerprint density at radius 2 is 1.75 bits per heavy atom. The van der Waals surface area contributed by atoms with Crippen molar-refractivity contribution in [3.63, 3.8) is 0 Å². The van der Waals surface area contributed by atoms with Crippen molar-refractivity contribution in [3.05, 3.63) is 75.4 Å². The molecule has 1 fully saturated rings. The highest BCUT2D eigenvalue weighted by atomic mass is 35.5. The van der Waals surface area contributed by atoms with Gasteiger partial charge in [0.1, 0.15) is 0 Å². The summed E-state index contributed by atoms with van der Waals surface area (Å²) in [5.41, 5.74) is 2.66. The van der Waals surface area contributed by atoms with E-state index in [2.05, 4.69) is 20.4 Å². The van der Waals surface area contributed by atoms with Crippen LogP contribution in [0.2, 0.25) is 10.0 Å². The summed E-state index contributed by atoms with van der Waals surface area (Å²) in [6.07, 6.45) is 0. The Labute approximate surface area is 196 Å². The summed E-state index contributed by atoms with van der Waals surface area (Å²) in [6.45, 7) is 3.62. The number of carbonyl (C=O) groups excluding carboxylic acids is 2. The lowest BCUT2D eigenvalue weighted by Gasteiger charge is -2.38. The van der Waals surface area contributed by atoms with Crippen LogP contribution in [0.4, 0.5) is 10.5 Å². The van der Waals surface area contributed by atoms with E-state index in [1.165, 1.54) is 7.11 Å². The highest BCUT2D eigenvalue weighted by Gasteiger charge is 2.35. The van der Waals surface area contributed by atoms with Crippen LogP contribution in [0.3, 0.4) is 0 Å². The molecule has 2 aliphatic heterocycles. The Balaban J connectivity index is 1.55. The van der Waals surface area contributed by atoms with E-state index in [1.54, 1.807) is 18.2 Å². The number of hydrogen-bond donors (Lipinski definition) is 2. The van der Waals surface area contributed by atoms with Crippen molar-refractivity contribution < 1.29 is 14.3 Å². The van der Waals surface area contributed by atoms with Crippen LogP contribution in [-0.4, -0.2) is 56.7 Å². The van der Waals surface area contributed by atoms with Crippen molar-refractivity contribution >= 4 is 40.9 Å². The monoisotopic (exact) mass is 474 g/mol. The van der Waals surface area contributed by atoms with E-state index in [0.29, 0.717) is 33.4 Å². The number of benzene rings is 2. The highest BCUT2D eigenvalue weighted by molar-refractivity contribution is 6.31. The highest BCUT2D eigenvalue weighted by Crippen LogP contribution is 2.32. The van der Waals surface area contributed by atoms with Crippen LogP contribution >= 0.6 is 23.2 Å². The Morgan fingerprint density at radius 3 is 2.41 bits per heavy atom. The number of carbonyl (C=O) groups is 2. The van der Waals surface area contributed by atoms with Gasteiger partial charge in [-0.05, 0) is 35.9 Å². The molecule has 9 heteroatoms. The van der Waals surface area contributed by atoms with Crippen molar-refractivity contribution in [1.29, 1.82) is 0 Å². The van der Waals surface area contributed by atoms with Crippen LogP contribution in [0.15, 0.2) is 59.8 Å². The number of halogens is 2. The predicted molar refractivity (Wildman–Crippen MR) is 125 cm³/mol. The fraction of sp³-hybridized carbons (Fsp3) is 0.304. The fourth-order valence-electron chi connectivity index (χ4n) is 4.08. The summed E-state index contributed by atoms with van der Waals surface area (Å²) >= 11 is 12.4. The summed E-state index contributed by atoms with van der Waals surface area (Å²) in [5, 5.41) is 6.80. The summed E-state index contributed by atoms with van der Waals surface area (Å²) in [5.74, 6) is -0.503. The zero-order valence-corrected chi connectivity index (χ0v) is 19.1. The number of esters is 1. The second-order valence-corrected chi connectivity index (χ2v) is 8.52. The number of urea groups is 1. The van der Waals surface area contributed by atoms with Gasteiger partial charge >= 0.3 is 12.0 Å². The van der Waals surface area contributed by atoms with Gasteiger partial charge < -0.3 is 20.3 Å². The molecular formula is C23H24Cl2N4O3. The quantitative estimate of drug-likeness (QED) is 0.647. The standard InChI is InChI=1S/C23H24Cl2N4O3/c1-32-22(30)20-19(26-23(31)27-21(20)17-4-2-3-5-18(17)25)14-28-10-12-29(13-11-28)16-8-6-15(24)7-9-16/h2-9,21H,10-14H2,1H3,(H2,26,27,31)/t21-/m1/s1. The average Bonchev–Trinajstić information content (AvgIpc) is 2.80.